The fourth-order valence-corrected chi connectivity index (χ4v) is 4.89. The van der Waals surface area contributed by atoms with E-state index in [2.05, 4.69) is 66.6 Å². The zero-order chi connectivity index (χ0) is 22.6. The molecule has 0 atom stereocenters. The number of hydrogen-bond donors (Lipinski definition) is 0. The Morgan fingerprint density at radius 1 is 0.971 bits per heavy atom. The van der Waals surface area contributed by atoms with E-state index in [-0.39, 0.29) is 12.4 Å². The molecule has 0 aliphatic carbocycles. The first-order valence-corrected chi connectivity index (χ1v) is 12.0. The van der Waals surface area contributed by atoms with Crippen LogP contribution in [0.4, 0.5) is 5.69 Å². The zero-order valence-electron chi connectivity index (χ0n) is 18.6. The van der Waals surface area contributed by atoms with Gasteiger partial charge in [0.1, 0.15) is 5.76 Å². The van der Waals surface area contributed by atoms with Gasteiger partial charge < -0.3 is 9.32 Å². The molecule has 5 rings (SSSR count). The SMILES string of the molecule is CN1CCN=C(/C=C/c2ccccc2Sc2ccc(Cl)cc2)c2ccc(-c3ccco3)cc21.Cl. The van der Waals surface area contributed by atoms with Gasteiger partial charge in [-0.25, -0.2) is 0 Å². The maximum absolute atomic E-state index is 6.04. The monoisotopic (exact) mass is 506 g/mol. The summed E-state index contributed by atoms with van der Waals surface area (Å²) in [6, 6.07) is 26.7. The number of likely N-dealkylation sites (N-methyl/N-ethyl adjacent to an activating group) is 1. The first kappa shape index (κ1) is 24.2. The highest BCUT2D eigenvalue weighted by atomic mass is 35.5. The maximum atomic E-state index is 6.04. The predicted molar refractivity (Wildman–Crippen MR) is 147 cm³/mol. The first-order chi connectivity index (χ1) is 16.2. The molecule has 34 heavy (non-hydrogen) atoms. The smallest absolute Gasteiger partial charge is 0.133 e. The highest BCUT2D eigenvalue weighted by Gasteiger charge is 2.16. The lowest BCUT2D eigenvalue weighted by Crippen LogP contribution is -2.20. The Balaban J connectivity index is 0.00000274. The number of aliphatic imine (C=N–C) groups is 1. The second-order valence-corrected chi connectivity index (χ2v) is 9.38. The third-order valence-electron chi connectivity index (χ3n) is 5.59. The summed E-state index contributed by atoms with van der Waals surface area (Å²) in [5.41, 5.74) is 5.51. The summed E-state index contributed by atoms with van der Waals surface area (Å²) in [4.78, 5) is 9.50. The van der Waals surface area contributed by atoms with Crippen molar-refractivity contribution in [3.8, 4) is 11.3 Å². The molecule has 0 saturated carbocycles. The van der Waals surface area contributed by atoms with Gasteiger partial charge in [-0.15, -0.1) is 12.4 Å². The number of benzene rings is 3. The van der Waals surface area contributed by atoms with Crippen molar-refractivity contribution >= 4 is 53.2 Å². The highest BCUT2D eigenvalue weighted by molar-refractivity contribution is 7.99. The molecule has 4 aromatic rings. The normalized spacial score (nSPS) is 13.2. The summed E-state index contributed by atoms with van der Waals surface area (Å²) in [7, 11) is 2.12. The lowest BCUT2D eigenvalue weighted by atomic mass is 10.0. The van der Waals surface area contributed by atoms with E-state index >= 15 is 0 Å². The van der Waals surface area contributed by atoms with Crippen molar-refractivity contribution in [3.05, 3.63) is 107 Å². The molecule has 3 nitrogen and oxygen atoms in total. The summed E-state index contributed by atoms with van der Waals surface area (Å²) in [6.07, 6.45) is 6.00. The minimum absolute atomic E-state index is 0. The lowest BCUT2D eigenvalue weighted by Gasteiger charge is -2.20. The number of fused-ring (bicyclic) bond motifs is 1. The van der Waals surface area contributed by atoms with Gasteiger partial charge in [-0.2, -0.15) is 0 Å². The van der Waals surface area contributed by atoms with Crippen LogP contribution in [0.1, 0.15) is 11.1 Å². The Bertz CT molecular complexity index is 1310. The van der Waals surface area contributed by atoms with Gasteiger partial charge in [0.15, 0.2) is 0 Å². The molecule has 2 heterocycles. The summed E-state index contributed by atoms with van der Waals surface area (Å²) in [5.74, 6) is 0.873. The van der Waals surface area contributed by atoms with Crippen LogP contribution in [0, 0.1) is 0 Å². The van der Waals surface area contributed by atoms with Crippen LogP contribution in [0.5, 0.6) is 0 Å². The zero-order valence-corrected chi connectivity index (χ0v) is 21.0. The number of benzodiazepines with no additional fused rings is 1. The van der Waals surface area contributed by atoms with Gasteiger partial charge in [-0.1, -0.05) is 59.8 Å². The molecule has 0 fully saturated rings. The Kier molecular flexibility index (Phi) is 7.84. The van der Waals surface area contributed by atoms with E-state index in [0.717, 1.165) is 56.9 Å². The quantitative estimate of drug-likeness (QED) is 0.273. The molecule has 1 aliphatic rings. The second-order valence-electron chi connectivity index (χ2n) is 7.82. The average molecular weight is 507 g/mol. The molecule has 172 valence electrons. The van der Waals surface area contributed by atoms with E-state index in [0.29, 0.717) is 0 Å². The van der Waals surface area contributed by atoms with Crippen LogP contribution in [0.15, 0.2) is 110 Å². The molecule has 0 spiro atoms. The number of hydrogen-bond acceptors (Lipinski definition) is 4. The van der Waals surface area contributed by atoms with Crippen LogP contribution in [-0.4, -0.2) is 25.8 Å². The van der Waals surface area contributed by atoms with Crippen LogP contribution in [-0.2, 0) is 0 Å². The molecular weight excluding hydrogens is 483 g/mol. The molecule has 0 unspecified atom stereocenters. The summed E-state index contributed by atoms with van der Waals surface area (Å²) < 4.78 is 5.61. The second kappa shape index (κ2) is 11.0. The maximum Gasteiger partial charge on any atom is 0.133 e. The van der Waals surface area contributed by atoms with Crippen LogP contribution in [0.3, 0.4) is 0 Å². The largest absolute Gasteiger partial charge is 0.464 e. The van der Waals surface area contributed by atoms with Gasteiger partial charge >= 0.3 is 0 Å². The fraction of sp³-hybridized carbons (Fsp3) is 0.107. The number of nitrogens with zero attached hydrogens (tertiary/aromatic N) is 2. The van der Waals surface area contributed by atoms with Gasteiger partial charge in [0.2, 0.25) is 0 Å². The van der Waals surface area contributed by atoms with Gasteiger partial charge in [-0.3, -0.25) is 4.99 Å². The van der Waals surface area contributed by atoms with Gasteiger partial charge in [0.25, 0.3) is 0 Å². The van der Waals surface area contributed by atoms with E-state index in [4.69, 9.17) is 21.0 Å². The summed E-state index contributed by atoms with van der Waals surface area (Å²) >= 11 is 7.77. The van der Waals surface area contributed by atoms with Crippen LogP contribution in [0.25, 0.3) is 17.4 Å². The minimum atomic E-state index is 0. The van der Waals surface area contributed by atoms with Crippen molar-refractivity contribution < 1.29 is 4.42 Å². The number of halogens is 2. The Morgan fingerprint density at radius 3 is 2.59 bits per heavy atom. The molecule has 0 N–H and O–H groups in total. The third-order valence-corrected chi connectivity index (χ3v) is 6.94. The summed E-state index contributed by atoms with van der Waals surface area (Å²) in [5, 5.41) is 0.748. The van der Waals surface area contributed by atoms with Crippen LogP contribution >= 0.6 is 35.8 Å². The standard InChI is InChI=1S/C28H23ClN2OS.ClH/c1-31-17-16-30-25(24-14-8-21(19-26(24)31)27-6-4-18-32-27)15-9-20-5-2-3-7-28(20)33-23-12-10-22(29)11-13-23;/h2-15,18-19H,16-17H2,1H3;1H/b15-9+;. The summed E-state index contributed by atoms with van der Waals surface area (Å²) in [6.45, 7) is 1.62. The predicted octanol–water partition coefficient (Wildman–Crippen LogP) is 8.13. The molecule has 6 heteroatoms. The molecule has 1 aliphatic heterocycles. The lowest BCUT2D eigenvalue weighted by molar-refractivity contribution is 0.582. The van der Waals surface area contributed by atoms with E-state index in [1.54, 1.807) is 18.0 Å². The Hall–Kier alpha value is -2.92. The van der Waals surface area contributed by atoms with E-state index in [9.17, 15) is 0 Å². The number of rotatable bonds is 5. The Morgan fingerprint density at radius 2 is 1.79 bits per heavy atom. The molecule has 0 bridgehead atoms. The molecule has 3 aromatic carbocycles. The van der Waals surface area contributed by atoms with Crippen LogP contribution in [0.2, 0.25) is 5.02 Å². The molecular formula is C28H24Cl2N2OS. The number of furan rings is 1. The van der Waals surface area contributed by atoms with Gasteiger partial charge in [0, 0.05) is 45.2 Å². The first-order valence-electron chi connectivity index (χ1n) is 10.8. The van der Waals surface area contributed by atoms with E-state index in [1.807, 2.05) is 36.4 Å². The Labute approximate surface area is 215 Å². The third kappa shape index (κ3) is 5.41. The molecule has 0 radical (unpaired) electrons. The highest BCUT2D eigenvalue weighted by Crippen LogP contribution is 2.33. The number of allylic oxidation sites excluding steroid dienone is 1. The van der Waals surface area contributed by atoms with Crippen molar-refractivity contribution in [1.29, 1.82) is 0 Å². The van der Waals surface area contributed by atoms with Gasteiger partial charge in [-0.05, 0) is 60.2 Å². The molecule has 0 saturated heterocycles. The van der Waals surface area contributed by atoms with E-state index in [1.165, 1.54) is 4.90 Å². The average Bonchev–Trinajstić information content (AvgIpc) is 3.33. The molecule has 0 amide bonds. The minimum Gasteiger partial charge on any atom is -0.464 e. The molecule has 1 aromatic heterocycles. The topological polar surface area (TPSA) is 28.7 Å². The van der Waals surface area contributed by atoms with Crippen molar-refractivity contribution in [3.63, 3.8) is 0 Å². The number of anilines is 1. The van der Waals surface area contributed by atoms with Crippen LogP contribution < -0.4 is 4.90 Å². The van der Waals surface area contributed by atoms with Crippen molar-refractivity contribution in [1.82, 2.24) is 0 Å². The van der Waals surface area contributed by atoms with Crippen molar-refractivity contribution in [2.45, 2.75) is 9.79 Å². The van der Waals surface area contributed by atoms with Crippen molar-refractivity contribution in [2.75, 3.05) is 25.0 Å². The fourth-order valence-electron chi connectivity index (χ4n) is 3.84. The van der Waals surface area contributed by atoms with Gasteiger partial charge in [0.05, 0.1) is 18.5 Å². The van der Waals surface area contributed by atoms with E-state index < -0.39 is 0 Å². The van der Waals surface area contributed by atoms with Crippen molar-refractivity contribution in [2.24, 2.45) is 4.99 Å².